The standard InChI is InChI=1S/C16H18N2O3/c1-11-12(2)16(20)18(15(11)19)9-10-21-14-5-3-13(4-6-14)7-8-17/h3-6,11-12H,7,9-10H2,1-2H3. The van der Waals surface area contributed by atoms with Gasteiger partial charge in [-0.25, -0.2) is 0 Å². The molecule has 0 bridgehead atoms. The molecule has 0 aromatic heterocycles. The number of imide groups is 1. The largest absolute Gasteiger partial charge is 0.492 e. The van der Waals surface area contributed by atoms with Crippen molar-refractivity contribution in [3.8, 4) is 11.8 Å². The molecule has 21 heavy (non-hydrogen) atoms. The molecule has 1 aromatic carbocycles. The lowest BCUT2D eigenvalue weighted by Crippen LogP contribution is -2.34. The van der Waals surface area contributed by atoms with Crippen molar-refractivity contribution in [2.75, 3.05) is 13.2 Å². The predicted molar refractivity (Wildman–Crippen MR) is 76.3 cm³/mol. The Kier molecular flexibility index (Phi) is 4.59. The summed E-state index contributed by atoms with van der Waals surface area (Å²) in [6, 6.07) is 9.30. The van der Waals surface area contributed by atoms with Gasteiger partial charge < -0.3 is 4.74 Å². The average Bonchev–Trinajstić information content (AvgIpc) is 2.67. The summed E-state index contributed by atoms with van der Waals surface area (Å²) in [5, 5.41) is 8.59. The molecule has 1 aliphatic rings. The molecule has 110 valence electrons. The molecule has 0 aliphatic carbocycles. The van der Waals surface area contributed by atoms with Gasteiger partial charge in [0.15, 0.2) is 0 Å². The maximum absolute atomic E-state index is 11.9. The third-order valence-electron chi connectivity index (χ3n) is 3.85. The Morgan fingerprint density at radius 3 is 2.24 bits per heavy atom. The Morgan fingerprint density at radius 2 is 1.71 bits per heavy atom. The second-order valence-corrected chi connectivity index (χ2v) is 5.23. The zero-order chi connectivity index (χ0) is 15.4. The third kappa shape index (κ3) is 3.22. The first-order chi connectivity index (χ1) is 10.0. The van der Waals surface area contributed by atoms with Crippen LogP contribution in [0.25, 0.3) is 0 Å². The number of ether oxygens (including phenoxy) is 1. The van der Waals surface area contributed by atoms with Gasteiger partial charge in [0.05, 0.1) is 19.0 Å². The molecular weight excluding hydrogens is 268 g/mol. The normalized spacial score (nSPS) is 21.5. The number of carbonyl (C=O) groups is 2. The summed E-state index contributed by atoms with van der Waals surface area (Å²) in [5.41, 5.74) is 0.928. The van der Waals surface area contributed by atoms with Crippen LogP contribution in [0.5, 0.6) is 5.75 Å². The van der Waals surface area contributed by atoms with Crippen molar-refractivity contribution in [3.63, 3.8) is 0 Å². The summed E-state index contributed by atoms with van der Waals surface area (Å²) in [6.45, 7) is 4.10. The molecule has 2 atom stereocenters. The van der Waals surface area contributed by atoms with Crippen LogP contribution in [0.3, 0.4) is 0 Å². The fourth-order valence-corrected chi connectivity index (χ4v) is 2.30. The Morgan fingerprint density at radius 1 is 1.14 bits per heavy atom. The van der Waals surface area contributed by atoms with Gasteiger partial charge in [-0.1, -0.05) is 26.0 Å². The molecule has 5 heteroatoms. The molecule has 0 saturated carbocycles. The van der Waals surface area contributed by atoms with E-state index in [1.54, 1.807) is 26.0 Å². The molecule has 1 aromatic rings. The highest BCUT2D eigenvalue weighted by molar-refractivity contribution is 6.04. The van der Waals surface area contributed by atoms with Gasteiger partial charge in [-0.3, -0.25) is 14.5 Å². The maximum Gasteiger partial charge on any atom is 0.232 e. The van der Waals surface area contributed by atoms with Crippen LogP contribution in [0, 0.1) is 23.2 Å². The zero-order valence-corrected chi connectivity index (χ0v) is 12.2. The molecule has 2 amide bonds. The first kappa shape index (κ1) is 15.0. The molecule has 0 spiro atoms. The van der Waals surface area contributed by atoms with E-state index in [0.717, 1.165) is 5.56 Å². The van der Waals surface area contributed by atoms with Gasteiger partial charge in [-0.15, -0.1) is 0 Å². The second kappa shape index (κ2) is 6.40. The van der Waals surface area contributed by atoms with Gasteiger partial charge in [-0.2, -0.15) is 5.26 Å². The molecular formula is C16H18N2O3. The monoisotopic (exact) mass is 286 g/mol. The van der Waals surface area contributed by atoms with Crippen LogP contribution in [0.4, 0.5) is 0 Å². The minimum atomic E-state index is -0.247. The van der Waals surface area contributed by atoms with E-state index in [9.17, 15) is 9.59 Å². The van der Waals surface area contributed by atoms with Crippen molar-refractivity contribution in [1.82, 2.24) is 4.90 Å². The van der Waals surface area contributed by atoms with E-state index in [0.29, 0.717) is 12.2 Å². The first-order valence-electron chi connectivity index (χ1n) is 6.98. The second-order valence-electron chi connectivity index (χ2n) is 5.23. The summed E-state index contributed by atoms with van der Waals surface area (Å²) in [4.78, 5) is 25.1. The quantitative estimate of drug-likeness (QED) is 0.773. The number of hydrogen-bond acceptors (Lipinski definition) is 4. The number of likely N-dealkylation sites (tertiary alicyclic amines) is 1. The summed E-state index contributed by atoms with van der Waals surface area (Å²) in [6.07, 6.45) is 0.368. The van der Waals surface area contributed by atoms with Crippen molar-refractivity contribution < 1.29 is 14.3 Å². The number of nitriles is 1. The molecule has 1 fully saturated rings. The van der Waals surface area contributed by atoms with E-state index in [1.165, 1.54) is 4.90 Å². The topological polar surface area (TPSA) is 70.4 Å². The predicted octanol–water partition coefficient (Wildman–Crippen LogP) is 1.77. The van der Waals surface area contributed by atoms with Crippen molar-refractivity contribution in [3.05, 3.63) is 29.8 Å². The van der Waals surface area contributed by atoms with Crippen LogP contribution in [0.15, 0.2) is 24.3 Å². The van der Waals surface area contributed by atoms with Crippen LogP contribution in [-0.4, -0.2) is 29.9 Å². The highest BCUT2D eigenvalue weighted by Crippen LogP contribution is 2.25. The lowest BCUT2D eigenvalue weighted by molar-refractivity contribution is -0.140. The van der Waals surface area contributed by atoms with Crippen LogP contribution >= 0.6 is 0 Å². The SMILES string of the molecule is CC1C(=O)N(CCOc2ccc(CC#N)cc2)C(=O)C1C. The molecule has 1 heterocycles. The average molecular weight is 286 g/mol. The minimum absolute atomic E-state index is 0.125. The number of hydrogen-bond donors (Lipinski definition) is 0. The van der Waals surface area contributed by atoms with Crippen molar-refractivity contribution in [2.45, 2.75) is 20.3 Å². The summed E-state index contributed by atoms with van der Waals surface area (Å²) < 4.78 is 5.54. The Bertz CT molecular complexity index is 554. The highest BCUT2D eigenvalue weighted by atomic mass is 16.5. The van der Waals surface area contributed by atoms with Gasteiger partial charge in [0, 0.05) is 11.8 Å². The van der Waals surface area contributed by atoms with Gasteiger partial charge in [0.25, 0.3) is 0 Å². The van der Waals surface area contributed by atoms with Crippen LogP contribution in [0.2, 0.25) is 0 Å². The number of nitrogens with zero attached hydrogens (tertiary/aromatic N) is 2. The van der Waals surface area contributed by atoms with Crippen molar-refractivity contribution in [2.24, 2.45) is 11.8 Å². The van der Waals surface area contributed by atoms with Gasteiger partial charge in [0.1, 0.15) is 12.4 Å². The maximum atomic E-state index is 11.9. The number of amides is 2. The minimum Gasteiger partial charge on any atom is -0.492 e. The van der Waals surface area contributed by atoms with E-state index < -0.39 is 0 Å². The van der Waals surface area contributed by atoms with E-state index in [1.807, 2.05) is 12.1 Å². The lowest BCUT2D eigenvalue weighted by atomic mass is 10.00. The molecule has 1 aliphatic heterocycles. The summed E-state index contributed by atoms with van der Waals surface area (Å²) >= 11 is 0. The molecule has 0 N–H and O–H groups in total. The molecule has 1 saturated heterocycles. The smallest absolute Gasteiger partial charge is 0.232 e. The molecule has 2 rings (SSSR count). The lowest BCUT2D eigenvalue weighted by Gasteiger charge is -2.15. The highest BCUT2D eigenvalue weighted by Gasteiger charge is 2.41. The summed E-state index contributed by atoms with van der Waals surface area (Å²) in [5.74, 6) is -0.0802. The number of carbonyl (C=O) groups excluding carboxylic acids is 2. The molecule has 0 radical (unpaired) electrons. The van der Waals surface area contributed by atoms with Crippen molar-refractivity contribution >= 4 is 11.8 Å². The fourth-order valence-electron chi connectivity index (χ4n) is 2.30. The fraction of sp³-hybridized carbons (Fsp3) is 0.438. The third-order valence-corrected chi connectivity index (χ3v) is 3.85. The number of rotatable bonds is 5. The van der Waals surface area contributed by atoms with E-state index in [2.05, 4.69) is 6.07 Å². The molecule has 5 nitrogen and oxygen atoms in total. The first-order valence-corrected chi connectivity index (χ1v) is 6.98. The van der Waals surface area contributed by atoms with E-state index in [-0.39, 0.29) is 36.8 Å². The van der Waals surface area contributed by atoms with Crippen LogP contribution in [-0.2, 0) is 16.0 Å². The molecule has 2 unspecified atom stereocenters. The Labute approximate surface area is 124 Å². The van der Waals surface area contributed by atoms with Gasteiger partial charge in [0.2, 0.25) is 11.8 Å². The van der Waals surface area contributed by atoms with Gasteiger partial charge >= 0.3 is 0 Å². The Balaban J connectivity index is 1.86. The zero-order valence-electron chi connectivity index (χ0n) is 12.2. The van der Waals surface area contributed by atoms with Crippen LogP contribution in [0.1, 0.15) is 19.4 Å². The van der Waals surface area contributed by atoms with Crippen LogP contribution < -0.4 is 4.74 Å². The summed E-state index contributed by atoms with van der Waals surface area (Å²) in [7, 11) is 0. The number of benzene rings is 1. The van der Waals surface area contributed by atoms with Gasteiger partial charge in [-0.05, 0) is 17.7 Å². The van der Waals surface area contributed by atoms with E-state index in [4.69, 9.17) is 10.00 Å². The van der Waals surface area contributed by atoms with E-state index >= 15 is 0 Å². The van der Waals surface area contributed by atoms with Crippen molar-refractivity contribution in [1.29, 1.82) is 5.26 Å². The Hall–Kier alpha value is -2.35.